The van der Waals surface area contributed by atoms with Gasteiger partial charge in [-0.15, -0.1) is 11.3 Å². The maximum absolute atomic E-state index is 13.0. The lowest BCUT2D eigenvalue weighted by molar-refractivity contribution is -0.149. The minimum absolute atomic E-state index is 0.176. The molecule has 1 aliphatic rings. The number of aryl methyl sites for hydroxylation is 1. The molecule has 0 radical (unpaired) electrons. The van der Waals surface area contributed by atoms with Gasteiger partial charge in [-0.25, -0.2) is 9.18 Å². The molecule has 0 unspecified atom stereocenters. The lowest BCUT2D eigenvalue weighted by Gasteiger charge is -2.08. The van der Waals surface area contributed by atoms with Crippen molar-refractivity contribution in [2.45, 2.75) is 19.3 Å². The summed E-state index contributed by atoms with van der Waals surface area (Å²) in [5, 5.41) is 2.95. The van der Waals surface area contributed by atoms with Gasteiger partial charge in [0.15, 0.2) is 13.2 Å². The van der Waals surface area contributed by atoms with Gasteiger partial charge in [0.1, 0.15) is 16.6 Å². The van der Waals surface area contributed by atoms with Crippen LogP contribution in [0.15, 0.2) is 24.3 Å². The summed E-state index contributed by atoms with van der Waals surface area (Å²) in [6, 6.07) is 5.31. The first kappa shape index (κ1) is 18.8. The van der Waals surface area contributed by atoms with Gasteiger partial charge in [-0.3, -0.25) is 9.59 Å². The molecule has 0 saturated carbocycles. The molecule has 0 spiro atoms. The fourth-order valence-corrected chi connectivity index (χ4v) is 4.11. The molecule has 1 heterocycles. The Morgan fingerprint density at radius 2 is 2.04 bits per heavy atom. The number of hydrogen-bond donors (Lipinski definition) is 2. The van der Waals surface area contributed by atoms with Crippen LogP contribution < -0.4 is 15.8 Å². The molecule has 9 heteroatoms. The van der Waals surface area contributed by atoms with Gasteiger partial charge in [-0.2, -0.15) is 0 Å². The van der Waals surface area contributed by atoms with Crippen molar-refractivity contribution in [3.05, 3.63) is 46.1 Å². The van der Waals surface area contributed by atoms with Crippen LogP contribution in [0.3, 0.4) is 0 Å². The molecule has 3 N–H and O–H groups in total. The smallest absolute Gasteiger partial charge is 0.344 e. The topological polar surface area (TPSA) is 108 Å². The third kappa shape index (κ3) is 4.62. The van der Waals surface area contributed by atoms with Crippen molar-refractivity contribution in [1.29, 1.82) is 0 Å². The van der Waals surface area contributed by atoms with Crippen LogP contribution in [0.5, 0.6) is 5.75 Å². The number of esters is 1. The van der Waals surface area contributed by atoms with Crippen LogP contribution in [-0.4, -0.2) is 31.0 Å². The number of carbonyl (C=O) groups is 3. The van der Waals surface area contributed by atoms with Crippen molar-refractivity contribution in [2.75, 3.05) is 18.5 Å². The Bertz CT molecular complexity index is 896. The molecule has 0 fully saturated rings. The Balaban J connectivity index is 1.50. The molecule has 27 heavy (non-hydrogen) atoms. The molecule has 1 aromatic carbocycles. The maximum Gasteiger partial charge on any atom is 0.344 e. The van der Waals surface area contributed by atoms with Gasteiger partial charge in [-0.1, -0.05) is 6.07 Å². The Hall–Kier alpha value is -2.94. The summed E-state index contributed by atoms with van der Waals surface area (Å²) >= 11 is 1.31. The number of thiophene rings is 1. The van der Waals surface area contributed by atoms with Gasteiger partial charge in [0.25, 0.3) is 11.8 Å². The third-order valence-electron chi connectivity index (χ3n) is 3.94. The van der Waals surface area contributed by atoms with E-state index in [9.17, 15) is 18.8 Å². The zero-order valence-electron chi connectivity index (χ0n) is 14.2. The zero-order valence-corrected chi connectivity index (χ0v) is 15.1. The lowest BCUT2D eigenvalue weighted by Crippen LogP contribution is -2.24. The summed E-state index contributed by atoms with van der Waals surface area (Å²) in [4.78, 5) is 36.4. The number of fused-ring (bicyclic) bond motifs is 1. The highest BCUT2D eigenvalue weighted by Gasteiger charge is 2.26. The van der Waals surface area contributed by atoms with E-state index in [4.69, 9.17) is 15.2 Å². The molecule has 0 saturated heterocycles. The number of halogens is 1. The SMILES string of the molecule is NC(=O)c1c(NC(=O)COC(=O)COc2cccc(F)c2)sc2c1CCC2. The van der Waals surface area contributed by atoms with Crippen molar-refractivity contribution in [2.24, 2.45) is 5.73 Å². The largest absolute Gasteiger partial charge is 0.482 e. The highest BCUT2D eigenvalue weighted by atomic mass is 32.1. The zero-order chi connectivity index (χ0) is 19.4. The number of hydrogen-bond acceptors (Lipinski definition) is 6. The molecule has 2 aromatic rings. The van der Waals surface area contributed by atoms with Crippen molar-refractivity contribution in [1.82, 2.24) is 0 Å². The first-order valence-electron chi connectivity index (χ1n) is 8.22. The number of nitrogens with two attached hydrogens (primary N) is 1. The van der Waals surface area contributed by atoms with E-state index in [0.29, 0.717) is 10.6 Å². The van der Waals surface area contributed by atoms with Crippen molar-refractivity contribution < 1.29 is 28.2 Å². The molecular formula is C18H17FN2O5S. The van der Waals surface area contributed by atoms with Crippen LogP contribution in [0.1, 0.15) is 27.2 Å². The molecule has 0 atom stereocenters. The number of benzene rings is 1. The molecular weight excluding hydrogens is 375 g/mol. The normalized spacial score (nSPS) is 12.3. The molecule has 142 valence electrons. The monoisotopic (exact) mass is 392 g/mol. The van der Waals surface area contributed by atoms with Crippen LogP contribution in [0.2, 0.25) is 0 Å². The Morgan fingerprint density at radius 3 is 2.78 bits per heavy atom. The minimum Gasteiger partial charge on any atom is -0.482 e. The quantitative estimate of drug-likeness (QED) is 0.701. The average Bonchev–Trinajstić information content (AvgIpc) is 3.18. The fourth-order valence-electron chi connectivity index (χ4n) is 2.80. The van der Waals surface area contributed by atoms with E-state index in [1.807, 2.05) is 0 Å². The summed E-state index contributed by atoms with van der Waals surface area (Å²) in [7, 11) is 0. The molecule has 2 amide bonds. The first-order chi connectivity index (χ1) is 12.9. The van der Waals surface area contributed by atoms with Crippen LogP contribution in [-0.2, 0) is 27.2 Å². The average molecular weight is 392 g/mol. The van der Waals surface area contributed by atoms with E-state index in [0.717, 1.165) is 35.8 Å². The predicted octanol–water partition coefficient (Wildman–Crippen LogP) is 2.04. The number of nitrogens with one attached hydrogen (secondary N) is 1. The molecule has 3 rings (SSSR count). The number of anilines is 1. The summed E-state index contributed by atoms with van der Waals surface area (Å²) in [6.07, 6.45) is 2.56. The second-order valence-corrected chi connectivity index (χ2v) is 6.99. The van der Waals surface area contributed by atoms with Crippen molar-refractivity contribution in [3.8, 4) is 5.75 Å². The van der Waals surface area contributed by atoms with Crippen LogP contribution in [0, 0.1) is 5.82 Å². The number of amides is 2. The number of primary amides is 1. The molecule has 1 aliphatic carbocycles. The summed E-state index contributed by atoms with van der Waals surface area (Å²) in [6.45, 7) is -0.997. The number of rotatable bonds is 7. The highest BCUT2D eigenvalue weighted by Crippen LogP contribution is 2.38. The van der Waals surface area contributed by atoms with Crippen LogP contribution in [0.4, 0.5) is 9.39 Å². The minimum atomic E-state index is -0.779. The van der Waals surface area contributed by atoms with Gasteiger partial charge < -0.3 is 20.5 Å². The molecule has 1 aromatic heterocycles. The van der Waals surface area contributed by atoms with E-state index in [1.165, 1.54) is 29.5 Å². The van der Waals surface area contributed by atoms with Gasteiger partial charge in [-0.05, 0) is 37.0 Å². The Kier molecular flexibility index (Phi) is 5.70. The number of carbonyl (C=O) groups excluding carboxylic acids is 3. The van der Waals surface area contributed by atoms with Gasteiger partial charge in [0, 0.05) is 10.9 Å². The van der Waals surface area contributed by atoms with Crippen molar-refractivity contribution in [3.63, 3.8) is 0 Å². The lowest BCUT2D eigenvalue weighted by atomic mass is 10.1. The second-order valence-electron chi connectivity index (χ2n) is 5.88. The van der Waals surface area contributed by atoms with Crippen LogP contribution >= 0.6 is 11.3 Å². The summed E-state index contributed by atoms with van der Waals surface area (Å²) in [5.41, 5.74) is 6.65. The summed E-state index contributed by atoms with van der Waals surface area (Å²) < 4.78 is 22.9. The van der Waals surface area contributed by atoms with Crippen LogP contribution in [0.25, 0.3) is 0 Å². The first-order valence-corrected chi connectivity index (χ1v) is 9.04. The van der Waals surface area contributed by atoms with E-state index < -0.39 is 36.8 Å². The van der Waals surface area contributed by atoms with Crippen molar-refractivity contribution >= 4 is 34.1 Å². The fraction of sp³-hybridized carbons (Fsp3) is 0.278. The third-order valence-corrected chi connectivity index (χ3v) is 5.14. The van der Waals surface area contributed by atoms with Gasteiger partial charge in [0.2, 0.25) is 0 Å². The van der Waals surface area contributed by atoms with E-state index in [1.54, 1.807) is 0 Å². The standard InChI is InChI=1S/C18H17FN2O5S/c19-10-3-1-4-11(7-10)25-9-15(23)26-8-14(22)21-18-16(17(20)24)12-5-2-6-13(12)27-18/h1,3-4,7H,2,5-6,8-9H2,(H2,20,24)(H,21,22). The predicted molar refractivity (Wildman–Crippen MR) is 96.3 cm³/mol. The highest BCUT2D eigenvalue weighted by molar-refractivity contribution is 7.17. The van der Waals surface area contributed by atoms with Gasteiger partial charge >= 0.3 is 5.97 Å². The maximum atomic E-state index is 13.0. The summed E-state index contributed by atoms with van der Waals surface area (Å²) in [5.74, 6) is -2.27. The molecule has 0 bridgehead atoms. The Labute approximate surface area is 158 Å². The van der Waals surface area contributed by atoms with E-state index >= 15 is 0 Å². The van der Waals surface area contributed by atoms with E-state index in [2.05, 4.69) is 5.32 Å². The number of ether oxygens (including phenoxy) is 2. The van der Waals surface area contributed by atoms with Gasteiger partial charge in [0.05, 0.1) is 5.56 Å². The molecule has 0 aliphatic heterocycles. The second kappa shape index (κ2) is 8.17. The van der Waals surface area contributed by atoms with E-state index in [-0.39, 0.29) is 5.75 Å². The molecule has 7 nitrogen and oxygen atoms in total. The Morgan fingerprint density at radius 1 is 1.22 bits per heavy atom.